The average Bonchev–Trinajstić information content (AvgIpc) is 3.19. The molecule has 5 heteroatoms. The van der Waals surface area contributed by atoms with Gasteiger partial charge in [-0.1, -0.05) is 6.07 Å². The fourth-order valence-corrected chi connectivity index (χ4v) is 4.36. The largest absolute Gasteiger partial charge is 0.493 e. The van der Waals surface area contributed by atoms with E-state index in [1.165, 1.54) is 30.5 Å². The van der Waals surface area contributed by atoms with Crippen molar-refractivity contribution in [3.8, 4) is 11.5 Å². The second-order valence-corrected chi connectivity index (χ2v) is 7.86. The highest BCUT2D eigenvalue weighted by Crippen LogP contribution is 2.28. The van der Waals surface area contributed by atoms with Gasteiger partial charge in [0, 0.05) is 25.7 Å². The Morgan fingerprint density at radius 3 is 2.73 bits per heavy atom. The van der Waals surface area contributed by atoms with E-state index in [0.29, 0.717) is 6.04 Å². The van der Waals surface area contributed by atoms with Gasteiger partial charge in [-0.15, -0.1) is 0 Å². The van der Waals surface area contributed by atoms with Crippen molar-refractivity contribution >= 4 is 11.3 Å². The summed E-state index contributed by atoms with van der Waals surface area (Å²) in [4.78, 5) is 5.12. The third-order valence-corrected chi connectivity index (χ3v) is 6.02. The number of ether oxygens (including phenoxy) is 2. The zero-order valence-corrected chi connectivity index (χ0v) is 16.9. The van der Waals surface area contributed by atoms with Crippen LogP contribution in [0.3, 0.4) is 0 Å². The topological polar surface area (TPSA) is 24.9 Å². The molecule has 0 amide bonds. The van der Waals surface area contributed by atoms with Gasteiger partial charge >= 0.3 is 0 Å². The van der Waals surface area contributed by atoms with Crippen molar-refractivity contribution in [3.05, 3.63) is 46.2 Å². The molecule has 0 bridgehead atoms. The van der Waals surface area contributed by atoms with Crippen molar-refractivity contribution in [1.29, 1.82) is 0 Å². The normalized spacial score (nSPS) is 18.2. The Labute approximate surface area is 161 Å². The van der Waals surface area contributed by atoms with Gasteiger partial charge in [-0.05, 0) is 72.9 Å². The van der Waals surface area contributed by atoms with Crippen LogP contribution in [0.5, 0.6) is 11.5 Å². The van der Waals surface area contributed by atoms with Crippen LogP contribution >= 0.6 is 11.3 Å². The number of methoxy groups -OCH3 is 2. The van der Waals surface area contributed by atoms with Crippen LogP contribution in [0.25, 0.3) is 0 Å². The molecule has 1 saturated heterocycles. The van der Waals surface area contributed by atoms with Gasteiger partial charge in [0.05, 0.1) is 14.2 Å². The molecule has 2 heterocycles. The zero-order valence-electron chi connectivity index (χ0n) is 16.1. The Morgan fingerprint density at radius 2 is 2.00 bits per heavy atom. The smallest absolute Gasteiger partial charge is 0.160 e. The summed E-state index contributed by atoms with van der Waals surface area (Å²) in [6.07, 6.45) is 3.61. The van der Waals surface area contributed by atoms with Crippen molar-refractivity contribution in [1.82, 2.24) is 9.80 Å². The van der Waals surface area contributed by atoms with Gasteiger partial charge in [-0.25, -0.2) is 0 Å². The van der Waals surface area contributed by atoms with E-state index in [0.717, 1.165) is 37.6 Å². The molecule has 1 aliphatic heterocycles. The van der Waals surface area contributed by atoms with Crippen molar-refractivity contribution in [2.45, 2.75) is 31.8 Å². The SMILES string of the molecule is COc1ccc(CCN(C)C2CCCN(Cc3ccsc3)C2)cc1OC. The Hall–Kier alpha value is -1.56. The van der Waals surface area contributed by atoms with Crippen LogP contribution in [-0.4, -0.2) is 56.7 Å². The Kier molecular flexibility index (Phi) is 6.94. The van der Waals surface area contributed by atoms with E-state index >= 15 is 0 Å². The minimum atomic E-state index is 0.641. The molecule has 0 spiro atoms. The molecule has 1 aliphatic rings. The number of likely N-dealkylation sites (tertiary alicyclic amines) is 1. The van der Waals surface area contributed by atoms with Crippen LogP contribution in [0.1, 0.15) is 24.0 Å². The first kappa shape index (κ1) is 19.2. The van der Waals surface area contributed by atoms with Gasteiger partial charge in [-0.2, -0.15) is 11.3 Å². The molecule has 1 atom stereocenters. The van der Waals surface area contributed by atoms with E-state index in [1.807, 2.05) is 6.07 Å². The van der Waals surface area contributed by atoms with Crippen LogP contribution in [-0.2, 0) is 13.0 Å². The number of hydrogen-bond donors (Lipinski definition) is 0. The number of hydrogen-bond acceptors (Lipinski definition) is 5. The fraction of sp³-hybridized carbons (Fsp3) is 0.524. The van der Waals surface area contributed by atoms with Gasteiger partial charge in [0.15, 0.2) is 11.5 Å². The highest BCUT2D eigenvalue weighted by Gasteiger charge is 2.23. The summed E-state index contributed by atoms with van der Waals surface area (Å²) in [5, 5.41) is 4.44. The maximum atomic E-state index is 5.42. The predicted molar refractivity (Wildman–Crippen MR) is 108 cm³/mol. The third kappa shape index (κ3) is 5.00. The molecule has 2 aromatic rings. The molecule has 0 N–H and O–H groups in total. The number of nitrogens with zero attached hydrogens (tertiary/aromatic N) is 2. The summed E-state index contributed by atoms with van der Waals surface area (Å²) in [7, 11) is 5.63. The fourth-order valence-electron chi connectivity index (χ4n) is 3.70. The van der Waals surface area contributed by atoms with E-state index in [4.69, 9.17) is 9.47 Å². The van der Waals surface area contributed by atoms with Crippen LogP contribution in [0.4, 0.5) is 0 Å². The lowest BCUT2D eigenvalue weighted by molar-refractivity contribution is 0.112. The van der Waals surface area contributed by atoms with Gasteiger partial charge in [0.1, 0.15) is 0 Å². The summed E-state index contributed by atoms with van der Waals surface area (Å²) in [6.45, 7) is 4.53. The first-order valence-electron chi connectivity index (χ1n) is 9.34. The number of benzene rings is 1. The summed E-state index contributed by atoms with van der Waals surface area (Å²) in [5.74, 6) is 1.60. The van der Waals surface area contributed by atoms with E-state index in [1.54, 1.807) is 25.6 Å². The maximum Gasteiger partial charge on any atom is 0.160 e. The molecule has 1 fully saturated rings. The van der Waals surface area contributed by atoms with E-state index in [2.05, 4.69) is 45.8 Å². The number of likely N-dealkylation sites (N-methyl/N-ethyl adjacent to an activating group) is 1. The van der Waals surface area contributed by atoms with Gasteiger partial charge in [0.2, 0.25) is 0 Å². The van der Waals surface area contributed by atoms with Gasteiger partial charge < -0.3 is 14.4 Å². The second-order valence-electron chi connectivity index (χ2n) is 7.08. The molecule has 142 valence electrons. The molecule has 0 aliphatic carbocycles. The molecule has 3 rings (SSSR count). The molecule has 0 saturated carbocycles. The minimum Gasteiger partial charge on any atom is -0.493 e. The monoisotopic (exact) mass is 374 g/mol. The molecular weight excluding hydrogens is 344 g/mol. The van der Waals surface area contributed by atoms with Crippen molar-refractivity contribution in [2.24, 2.45) is 0 Å². The molecule has 26 heavy (non-hydrogen) atoms. The summed E-state index contributed by atoms with van der Waals surface area (Å²) in [6, 6.07) is 9.12. The van der Waals surface area contributed by atoms with Gasteiger partial charge in [-0.3, -0.25) is 4.90 Å². The molecule has 1 aromatic carbocycles. The lowest BCUT2D eigenvalue weighted by atomic mass is 10.0. The van der Waals surface area contributed by atoms with Crippen LogP contribution in [0.2, 0.25) is 0 Å². The highest BCUT2D eigenvalue weighted by atomic mass is 32.1. The number of rotatable bonds is 8. The van der Waals surface area contributed by atoms with E-state index in [9.17, 15) is 0 Å². The second kappa shape index (κ2) is 9.40. The quantitative estimate of drug-likeness (QED) is 0.700. The summed E-state index contributed by atoms with van der Waals surface area (Å²) in [5.41, 5.74) is 2.74. The summed E-state index contributed by atoms with van der Waals surface area (Å²) >= 11 is 1.79. The Bertz CT molecular complexity index is 675. The molecule has 1 unspecified atom stereocenters. The molecule has 4 nitrogen and oxygen atoms in total. The lowest BCUT2D eigenvalue weighted by Crippen LogP contribution is -2.46. The Balaban J connectivity index is 1.52. The first-order chi connectivity index (χ1) is 12.7. The molecule has 1 aromatic heterocycles. The average molecular weight is 375 g/mol. The van der Waals surface area contributed by atoms with E-state index < -0.39 is 0 Å². The molecular formula is C21H30N2O2S. The van der Waals surface area contributed by atoms with Crippen molar-refractivity contribution in [2.75, 3.05) is 40.9 Å². The standard InChI is InChI=1S/C21H30N2O2S/c1-22(11-8-17-6-7-20(24-2)21(13-17)25-3)19-5-4-10-23(15-19)14-18-9-12-26-16-18/h6-7,9,12-13,16,19H,4-5,8,10-11,14-15H2,1-3H3. The summed E-state index contributed by atoms with van der Waals surface area (Å²) < 4.78 is 10.7. The Morgan fingerprint density at radius 1 is 1.15 bits per heavy atom. The minimum absolute atomic E-state index is 0.641. The highest BCUT2D eigenvalue weighted by molar-refractivity contribution is 7.07. The number of piperidine rings is 1. The predicted octanol–water partition coefficient (Wildman–Crippen LogP) is 3.90. The molecule has 0 radical (unpaired) electrons. The third-order valence-electron chi connectivity index (χ3n) is 5.29. The first-order valence-corrected chi connectivity index (χ1v) is 10.3. The van der Waals surface area contributed by atoms with Gasteiger partial charge in [0.25, 0.3) is 0 Å². The van der Waals surface area contributed by atoms with Crippen molar-refractivity contribution < 1.29 is 9.47 Å². The maximum absolute atomic E-state index is 5.42. The zero-order chi connectivity index (χ0) is 18.4. The number of thiophene rings is 1. The van der Waals surface area contributed by atoms with Crippen LogP contribution in [0, 0.1) is 0 Å². The lowest BCUT2D eigenvalue weighted by Gasteiger charge is -2.37. The van der Waals surface area contributed by atoms with Crippen LogP contribution < -0.4 is 9.47 Å². The van der Waals surface area contributed by atoms with Crippen LogP contribution in [0.15, 0.2) is 35.0 Å². The van der Waals surface area contributed by atoms with Crippen molar-refractivity contribution in [3.63, 3.8) is 0 Å². The van der Waals surface area contributed by atoms with E-state index in [-0.39, 0.29) is 0 Å².